The van der Waals surface area contributed by atoms with Crippen LogP contribution >= 0.6 is 11.3 Å². The number of carboxylic acids is 1. The molecule has 0 aromatic carbocycles. The van der Waals surface area contributed by atoms with Crippen LogP contribution in [0.15, 0.2) is 18.2 Å². The van der Waals surface area contributed by atoms with E-state index < -0.39 is 23.3 Å². The van der Waals surface area contributed by atoms with Crippen LogP contribution in [0, 0.1) is 12.3 Å². The number of carboxylic acid groups (broad SMARTS) is 1. The summed E-state index contributed by atoms with van der Waals surface area (Å²) in [4.78, 5) is 25.0. The Morgan fingerprint density at radius 3 is 2.42 bits per heavy atom. The average molecular weight is 281 g/mol. The van der Waals surface area contributed by atoms with E-state index in [9.17, 15) is 9.59 Å². The lowest BCUT2D eigenvalue weighted by Gasteiger charge is -2.27. The first-order valence-corrected chi connectivity index (χ1v) is 6.79. The maximum absolute atomic E-state index is 11.7. The highest BCUT2D eigenvalue weighted by atomic mass is 32.1. The van der Waals surface area contributed by atoms with Crippen molar-refractivity contribution in [3.63, 3.8) is 0 Å². The number of amides is 1. The molecule has 0 spiro atoms. The highest BCUT2D eigenvalue weighted by Crippen LogP contribution is 2.20. The smallest absolute Gasteiger partial charge is 0.326 e. The molecule has 0 fully saturated rings. The van der Waals surface area contributed by atoms with E-state index in [0.717, 1.165) is 9.75 Å². The number of aryl methyl sites for hydroxylation is 1. The minimum atomic E-state index is -1.03. The molecule has 4 nitrogen and oxygen atoms in total. The molecule has 2 N–H and O–H groups in total. The van der Waals surface area contributed by atoms with Gasteiger partial charge in [-0.2, -0.15) is 0 Å². The molecule has 1 unspecified atom stereocenters. The molecule has 0 bridgehead atoms. The van der Waals surface area contributed by atoms with Crippen LogP contribution in [0.1, 0.15) is 30.5 Å². The Kier molecular flexibility index (Phi) is 4.89. The normalized spacial score (nSPS) is 13.5. The Balaban J connectivity index is 2.68. The van der Waals surface area contributed by atoms with Crippen LogP contribution in [0.4, 0.5) is 0 Å². The van der Waals surface area contributed by atoms with Gasteiger partial charge < -0.3 is 10.4 Å². The topological polar surface area (TPSA) is 66.4 Å². The van der Waals surface area contributed by atoms with Crippen molar-refractivity contribution in [1.29, 1.82) is 0 Å². The standard InChI is InChI=1S/C14H19NO3S/c1-9-5-6-10(19-9)7-8-11(16)15-12(13(17)18)14(2,3)4/h5-8,12H,1-4H3,(H,15,16)(H,17,18)/b8-7+. The Bertz CT molecular complexity index is 497. The zero-order valence-corrected chi connectivity index (χ0v) is 12.4. The molecular formula is C14H19NO3S. The van der Waals surface area contributed by atoms with Gasteiger partial charge in [-0.05, 0) is 30.5 Å². The number of hydrogen-bond donors (Lipinski definition) is 2. The van der Waals surface area contributed by atoms with Crippen molar-refractivity contribution in [3.8, 4) is 0 Å². The summed E-state index contributed by atoms with van der Waals surface area (Å²) < 4.78 is 0. The maximum Gasteiger partial charge on any atom is 0.326 e. The van der Waals surface area contributed by atoms with Gasteiger partial charge in [0, 0.05) is 15.8 Å². The van der Waals surface area contributed by atoms with Gasteiger partial charge in [0.15, 0.2) is 0 Å². The van der Waals surface area contributed by atoms with Gasteiger partial charge in [-0.3, -0.25) is 4.79 Å². The van der Waals surface area contributed by atoms with E-state index >= 15 is 0 Å². The van der Waals surface area contributed by atoms with Crippen LogP contribution < -0.4 is 5.32 Å². The first kappa shape index (κ1) is 15.4. The summed E-state index contributed by atoms with van der Waals surface area (Å²) in [5.74, 6) is -1.42. The molecule has 0 aliphatic heterocycles. The van der Waals surface area contributed by atoms with Crippen LogP contribution in [0.25, 0.3) is 6.08 Å². The van der Waals surface area contributed by atoms with E-state index in [0.29, 0.717) is 0 Å². The van der Waals surface area contributed by atoms with E-state index in [2.05, 4.69) is 5.32 Å². The second kappa shape index (κ2) is 6.02. The highest BCUT2D eigenvalue weighted by Gasteiger charge is 2.31. The second-order valence-corrected chi connectivity index (χ2v) is 6.75. The SMILES string of the molecule is Cc1ccc(/C=C/C(=O)NC(C(=O)O)C(C)(C)C)s1. The summed E-state index contributed by atoms with van der Waals surface area (Å²) in [6, 6.07) is 2.98. The van der Waals surface area contributed by atoms with Gasteiger partial charge in [0.05, 0.1) is 0 Å². The first-order chi connectivity index (χ1) is 8.70. The number of carbonyl (C=O) groups excluding carboxylic acids is 1. The third-order valence-electron chi connectivity index (χ3n) is 2.56. The lowest BCUT2D eigenvalue weighted by molar-refractivity contribution is -0.144. The van der Waals surface area contributed by atoms with Crippen molar-refractivity contribution in [2.75, 3.05) is 0 Å². The summed E-state index contributed by atoms with van der Waals surface area (Å²) in [7, 11) is 0. The number of nitrogens with one attached hydrogen (secondary N) is 1. The largest absolute Gasteiger partial charge is 0.480 e. The second-order valence-electron chi connectivity index (χ2n) is 5.43. The molecule has 19 heavy (non-hydrogen) atoms. The monoisotopic (exact) mass is 281 g/mol. The quantitative estimate of drug-likeness (QED) is 0.834. The summed E-state index contributed by atoms with van der Waals surface area (Å²) in [6.07, 6.45) is 3.06. The maximum atomic E-state index is 11.7. The van der Waals surface area contributed by atoms with Gasteiger partial charge in [0.1, 0.15) is 6.04 Å². The molecule has 1 rings (SSSR count). The van der Waals surface area contributed by atoms with Gasteiger partial charge in [0.25, 0.3) is 0 Å². The summed E-state index contributed by atoms with van der Waals surface area (Å²) in [5.41, 5.74) is -0.533. The van der Waals surface area contributed by atoms with Crippen molar-refractivity contribution >= 4 is 29.3 Å². The zero-order valence-electron chi connectivity index (χ0n) is 11.6. The zero-order chi connectivity index (χ0) is 14.6. The van der Waals surface area contributed by atoms with Crippen LogP contribution in [-0.4, -0.2) is 23.0 Å². The molecule has 0 radical (unpaired) electrons. The Hall–Kier alpha value is -1.62. The number of rotatable bonds is 4. The van der Waals surface area contributed by atoms with Gasteiger partial charge in [-0.1, -0.05) is 20.8 Å². The summed E-state index contributed by atoms with van der Waals surface area (Å²) >= 11 is 1.58. The van der Waals surface area contributed by atoms with Gasteiger partial charge in [-0.15, -0.1) is 11.3 Å². The summed E-state index contributed by atoms with van der Waals surface area (Å²) in [5, 5.41) is 11.6. The Morgan fingerprint density at radius 2 is 2.00 bits per heavy atom. The van der Waals surface area contributed by atoms with Crippen molar-refractivity contribution in [1.82, 2.24) is 5.32 Å². The average Bonchev–Trinajstić information content (AvgIpc) is 2.67. The van der Waals surface area contributed by atoms with Crippen LogP contribution in [0.5, 0.6) is 0 Å². The molecule has 0 aliphatic carbocycles. The van der Waals surface area contributed by atoms with Crippen molar-refractivity contribution in [3.05, 3.63) is 28.0 Å². The number of carbonyl (C=O) groups is 2. The minimum absolute atomic E-state index is 0.395. The molecule has 1 amide bonds. The molecule has 1 aromatic rings. The number of thiophene rings is 1. The molecule has 1 heterocycles. The molecule has 0 saturated carbocycles. The number of hydrogen-bond acceptors (Lipinski definition) is 3. The third kappa shape index (κ3) is 4.87. The van der Waals surface area contributed by atoms with Gasteiger partial charge in [-0.25, -0.2) is 4.79 Å². The molecule has 5 heteroatoms. The van der Waals surface area contributed by atoms with E-state index in [-0.39, 0.29) is 0 Å². The molecule has 0 saturated heterocycles. The van der Waals surface area contributed by atoms with Crippen molar-refractivity contribution < 1.29 is 14.7 Å². The van der Waals surface area contributed by atoms with Crippen LogP contribution in [-0.2, 0) is 9.59 Å². The highest BCUT2D eigenvalue weighted by molar-refractivity contribution is 7.12. The first-order valence-electron chi connectivity index (χ1n) is 5.98. The lowest BCUT2D eigenvalue weighted by Crippen LogP contribution is -2.48. The molecular weight excluding hydrogens is 262 g/mol. The van der Waals surface area contributed by atoms with Crippen LogP contribution in [0.2, 0.25) is 0 Å². The molecule has 1 aromatic heterocycles. The lowest BCUT2D eigenvalue weighted by atomic mass is 9.87. The molecule has 1 atom stereocenters. The van der Waals surface area contributed by atoms with Crippen LogP contribution in [0.3, 0.4) is 0 Å². The predicted molar refractivity (Wildman–Crippen MR) is 77.1 cm³/mol. The fraction of sp³-hybridized carbons (Fsp3) is 0.429. The van der Waals surface area contributed by atoms with E-state index in [4.69, 9.17) is 5.11 Å². The summed E-state index contributed by atoms with van der Waals surface area (Å²) in [6.45, 7) is 7.32. The van der Waals surface area contributed by atoms with Crippen molar-refractivity contribution in [2.45, 2.75) is 33.7 Å². The fourth-order valence-electron chi connectivity index (χ4n) is 1.54. The Labute approximate surface area is 117 Å². The third-order valence-corrected chi connectivity index (χ3v) is 3.53. The fourth-order valence-corrected chi connectivity index (χ4v) is 2.32. The van der Waals surface area contributed by atoms with Gasteiger partial charge in [0.2, 0.25) is 5.91 Å². The van der Waals surface area contributed by atoms with Crippen molar-refractivity contribution in [2.24, 2.45) is 5.41 Å². The van der Waals surface area contributed by atoms with E-state index in [1.54, 1.807) is 38.2 Å². The minimum Gasteiger partial charge on any atom is -0.480 e. The molecule has 0 aliphatic rings. The molecule has 104 valence electrons. The Morgan fingerprint density at radius 1 is 1.37 bits per heavy atom. The van der Waals surface area contributed by atoms with E-state index in [1.165, 1.54) is 6.08 Å². The van der Waals surface area contributed by atoms with E-state index in [1.807, 2.05) is 19.1 Å². The number of aliphatic carboxylic acids is 1. The van der Waals surface area contributed by atoms with Gasteiger partial charge >= 0.3 is 5.97 Å². The predicted octanol–water partition coefficient (Wildman–Crippen LogP) is 2.69.